The van der Waals surface area contributed by atoms with E-state index >= 15 is 0 Å². The van der Waals surface area contributed by atoms with Crippen molar-refractivity contribution in [1.82, 2.24) is 10.0 Å². The van der Waals surface area contributed by atoms with E-state index in [2.05, 4.69) is 17.0 Å². The van der Waals surface area contributed by atoms with E-state index in [9.17, 15) is 8.42 Å². The molecule has 0 spiro atoms. The van der Waals surface area contributed by atoms with Gasteiger partial charge in [-0.1, -0.05) is 6.92 Å². The van der Waals surface area contributed by atoms with Crippen LogP contribution >= 0.6 is 23.1 Å². The number of hydrogen-bond acceptors (Lipinski definition) is 5. The maximum Gasteiger partial charge on any atom is 0.250 e. The number of nitrogens with one attached hydrogen (secondary N) is 2. The monoisotopic (exact) mass is 348 g/mol. The van der Waals surface area contributed by atoms with Gasteiger partial charge in [-0.15, -0.1) is 11.3 Å². The summed E-state index contributed by atoms with van der Waals surface area (Å²) in [6, 6.07) is 1.78. The van der Waals surface area contributed by atoms with Gasteiger partial charge < -0.3 is 5.32 Å². The molecule has 2 rings (SSSR count). The van der Waals surface area contributed by atoms with E-state index in [-0.39, 0.29) is 0 Å². The first-order valence-electron chi connectivity index (χ1n) is 7.47. The summed E-state index contributed by atoms with van der Waals surface area (Å²) in [7, 11) is -3.34. The second-order valence-electron chi connectivity index (χ2n) is 5.36. The molecule has 7 heteroatoms. The van der Waals surface area contributed by atoms with Gasteiger partial charge in [-0.05, 0) is 60.2 Å². The normalized spacial score (nSPS) is 17.2. The van der Waals surface area contributed by atoms with Crippen LogP contribution in [0, 0.1) is 5.92 Å². The third kappa shape index (κ3) is 5.56. The van der Waals surface area contributed by atoms with Gasteiger partial charge in [0, 0.05) is 13.1 Å². The van der Waals surface area contributed by atoms with E-state index in [1.807, 2.05) is 17.1 Å². The molecule has 0 bridgehead atoms. The fourth-order valence-corrected chi connectivity index (χ4v) is 5.82. The molecular formula is C14H24N2O2S3. The minimum Gasteiger partial charge on any atom is -0.313 e. The second-order valence-corrected chi connectivity index (χ2v) is 9.49. The van der Waals surface area contributed by atoms with E-state index in [4.69, 9.17) is 0 Å². The van der Waals surface area contributed by atoms with Crippen LogP contribution in [-0.2, 0) is 16.6 Å². The van der Waals surface area contributed by atoms with E-state index in [1.54, 1.807) is 6.07 Å². The summed E-state index contributed by atoms with van der Waals surface area (Å²) in [6.45, 7) is 4.38. The summed E-state index contributed by atoms with van der Waals surface area (Å²) in [5.41, 5.74) is 1.04. The summed E-state index contributed by atoms with van der Waals surface area (Å²) in [5, 5.41) is 5.21. The highest BCUT2D eigenvalue weighted by Gasteiger charge is 2.20. The van der Waals surface area contributed by atoms with E-state index < -0.39 is 10.0 Å². The summed E-state index contributed by atoms with van der Waals surface area (Å²) in [5.74, 6) is 2.80. The predicted molar refractivity (Wildman–Crippen MR) is 91.6 cm³/mol. The van der Waals surface area contributed by atoms with Gasteiger partial charge in [0.2, 0.25) is 10.0 Å². The minimum absolute atomic E-state index is 0.431. The molecule has 1 aliphatic heterocycles. The van der Waals surface area contributed by atoms with E-state index in [1.165, 1.54) is 11.3 Å². The highest BCUT2D eigenvalue weighted by Crippen LogP contribution is 2.24. The van der Waals surface area contributed by atoms with Gasteiger partial charge in [0.15, 0.2) is 0 Å². The fourth-order valence-electron chi connectivity index (χ4n) is 2.25. The lowest BCUT2D eigenvalue weighted by atomic mass is 10.0. The molecule has 0 amide bonds. The van der Waals surface area contributed by atoms with Crippen LogP contribution < -0.4 is 10.0 Å². The maximum absolute atomic E-state index is 12.3. The molecule has 21 heavy (non-hydrogen) atoms. The molecule has 1 aliphatic rings. The predicted octanol–water partition coefficient (Wildman–Crippen LogP) is 2.67. The Hall–Kier alpha value is -0.0800. The second kappa shape index (κ2) is 8.53. The van der Waals surface area contributed by atoms with Gasteiger partial charge in [0.25, 0.3) is 0 Å². The van der Waals surface area contributed by atoms with Crippen LogP contribution in [0.5, 0.6) is 0 Å². The molecule has 0 radical (unpaired) electrons. The third-order valence-electron chi connectivity index (χ3n) is 3.55. The Bertz CT molecular complexity index is 522. The largest absolute Gasteiger partial charge is 0.313 e. The summed E-state index contributed by atoms with van der Waals surface area (Å²) in [6.07, 6.45) is 3.31. The Morgan fingerprint density at radius 1 is 1.33 bits per heavy atom. The topological polar surface area (TPSA) is 58.2 Å². The van der Waals surface area contributed by atoms with Gasteiger partial charge in [-0.25, -0.2) is 13.1 Å². The van der Waals surface area contributed by atoms with Crippen LogP contribution in [0.3, 0.4) is 0 Å². The third-order valence-corrected chi connectivity index (χ3v) is 7.51. The smallest absolute Gasteiger partial charge is 0.250 e. The standard InChI is InChI=1S/C14H24N2O2S3/c1-2-5-15-9-13-8-14(20-11-13)21(17,18)16-10-12-3-6-19-7-4-12/h8,11-12,15-16H,2-7,9-10H2,1H3. The van der Waals surface area contributed by atoms with Crippen molar-refractivity contribution in [3.05, 3.63) is 17.0 Å². The highest BCUT2D eigenvalue weighted by atomic mass is 32.2. The van der Waals surface area contributed by atoms with Gasteiger partial charge in [-0.3, -0.25) is 0 Å². The van der Waals surface area contributed by atoms with E-state index in [0.717, 1.165) is 49.4 Å². The fraction of sp³-hybridized carbons (Fsp3) is 0.714. The molecule has 0 saturated carbocycles. The molecule has 1 aromatic heterocycles. The molecule has 2 N–H and O–H groups in total. The molecule has 1 fully saturated rings. The average Bonchev–Trinajstić information content (AvgIpc) is 2.96. The number of thioether (sulfide) groups is 1. The Kier molecular flexibility index (Phi) is 7.01. The first-order chi connectivity index (χ1) is 10.1. The molecule has 1 aromatic rings. The van der Waals surface area contributed by atoms with Crippen molar-refractivity contribution in [2.45, 2.75) is 36.9 Å². The lowest BCUT2D eigenvalue weighted by Gasteiger charge is -2.21. The average molecular weight is 349 g/mol. The van der Waals surface area contributed by atoms with Crippen LogP contribution in [0.2, 0.25) is 0 Å². The van der Waals surface area contributed by atoms with Crippen LogP contribution in [0.4, 0.5) is 0 Å². The molecular weight excluding hydrogens is 324 g/mol. The summed E-state index contributed by atoms with van der Waals surface area (Å²) in [4.78, 5) is 0. The van der Waals surface area contributed by atoms with Crippen molar-refractivity contribution in [1.29, 1.82) is 0 Å². The van der Waals surface area contributed by atoms with Crippen molar-refractivity contribution in [2.24, 2.45) is 5.92 Å². The molecule has 0 atom stereocenters. The number of hydrogen-bond donors (Lipinski definition) is 2. The summed E-state index contributed by atoms with van der Waals surface area (Å²) < 4.78 is 27.8. The highest BCUT2D eigenvalue weighted by molar-refractivity contribution is 7.99. The van der Waals surface area contributed by atoms with Gasteiger partial charge >= 0.3 is 0 Å². The van der Waals surface area contributed by atoms with Crippen molar-refractivity contribution in [2.75, 3.05) is 24.6 Å². The zero-order valence-corrected chi connectivity index (χ0v) is 14.9. The number of sulfonamides is 1. The first-order valence-corrected chi connectivity index (χ1v) is 11.0. The van der Waals surface area contributed by atoms with Gasteiger partial charge in [-0.2, -0.15) is 11.8 Å². The van der Waals surface area contributed by atoms with Crippen molar-refractivity contribution in [3.63, 3.8) is 0 Å². The van der Waals surface area contributed by atoms with Crippen LogP contribution in [0.15, 0.2) is 15.7 Å². The Morgan fingerprint density at radius 3 is 2.81 bits per heavy atom. The number of rotatable bonds is 8. The number of thiophene rings is 1. The maximum atomic E-state index is 12.3. The molecule has 0 aromatic carbocycles. The van der Waals surface area contributed by atoms with Crippen molar-refractivity contribution < 1.29 is 8.42 Å². The quantitative estimate of drug-likeness (QED) is 0.709. The van der Waals surface area contributed by atoms with E-state index in [0.29, 0.717) is 16.7 Å². The van der Waals surface area contributed by atoms with Gasteiger partial charge in [0.1, 0.15) is 4.21 Å². The molecule has 120 valence electrons. The van der Waals surface area contributed by atoms with Crippen molar-refractivity contribution >= 4 is 33.1 Å². The zero-order valence-electron chi connectivity index (χ0n) is 12.4. The van der Waals surface area contributed by atoms with Crippen molar-refractivity contribution in [3.8, 4) is 0 Å². The molecule has 4 nitrogen and oxygen atoms in total. The SMILES string of the molecule is CCCNCc1csc(S(=O)(=O)NCC2CCSCC2)c1. The first kappa shape index (κ1) is 17.3. The lowest BCUT2D eigenvalue weighted by molar-refractivity contribution is 0.477. The molecule has 2 heterocycles. The minimum atomic E-state index is -3.34. The van der Waals surface area contributed by atoms with Crippen LogP contribution in [0.1, 0.15) is 31.7 Å². The zero-order chi connectivity index (χ0) is 15.1. The molecule has 0 unspecified atom stereocenters. The van der Waals surface area contributed by atoms with Gasteiger partial charge in [0.05, 0.1) is 0 Å². The lowest BCUT2D eigenvalue weighted by Crippen LogP contribution is -2.30. The Balaban J connectivity index is 1.86. The molecule has 1 saturated heterocycles. The Labute approximate surface area is 136 Å². The van der Waals surface area contributed by atoms with Crippen LogP contribution in [0.25, 0.3) is 0 Å². The summed E-state index contributed by atoms with van der Waals surface area (Å²) >= 11 is 3.27. The van der Waals surface area contributed by atoms with Crippen LogP contribution in [-0.4, -0.2) is 33.0 Å². The Morgan fingerprint density at radius 2 is 2.10 bits per heavy atom. The molecule has 0 aliphatic carbocycles.